The van der Waals surface area contributed by atoms with E-state index in [9.17, 15) is 4.79 Å². The van der Waals surface area contributed by atoms with Gasteiger partial charge in [-0.1, -0.05) is 13.0 Å². The van der Waals surface area contributed by atoms with Crippen LogP contribution in [0.25, 0.3) is 0 Å². The number of hydrogen-bond acceptors (Lipinski definition) is 4. The molecule has 18 heavy (non-hydrogen) atoms. The van der Waals surface area contributed by atoms with E-state index in [1.165, 1.54) is 0 Å². The summed E-state index contributed by atoms with van der Waals surface area (Å²) in [6, 6.07) is 7.43. The van der Waals surface area contributed by atoms with Crippen LogP contribution in [0.15, 0.2) is 24.3 Å². The molecule has 1 fully saturated rings. The van der Waals surface area contributed by atoms with Gasteiger partial charge in [-0.15, -0.1) is 11.8 Å². The van der Waals surface area contributed by atoms with Crippen molar-refractivity contribution in [3.05, 3.63) is 24.3 Å². The Kier molecular flexibility index (Phi) is 4.90. The summed E-state index contributed by atoms with van der Waals surface area (Å²) in [4.78, 5) is 11.9. The summed E-state index contributed by atoms with van der Waals surface area (Å²) in [5, 5.41) is 6.05. The lowest BCUT2D eigenvalue weighted by Crippen LogP contribution is -2.37. The quantitative estimate of drug-likeness (QED) is 0.856. The molecule has 98 valence electrons. The Hall–Kier alpha value is -1.20. The highest BCUT2D eigenvalue weighted by Crippen LogP contribution is 2.18. The zero-order valence-electron chi connectivity index (χ0n) is 10.4. The first-order chi connectivity index (χ1) is 8.79. The normalized spacial score (nSPS) is 18.6. The van der Waals surface area contributed by atoms with Gasteiger partial charge in [0, 0.05) is 23.4 Å². The maximum absolute atomic E-state index is 11.9. The van der Waals surface area contributed by atoms with Crippen LogP contribution in [0.2, 0.25) is 0 Å². The van der Waals surface area contributed by atoms with Gasteiger partial charge in [0.1, 0.15) is 5.75 Å². The Morgan fingerprint density at radius 3 is 3.22 bits per heavy atom. The molecule has 1 aromatic carbocycles. The Labute approximate surface area is 111 Å². The number of carbonyl (C=O) groups is 1. The van der Waals surface area contributed by atoms with Crippen molar-refractivity contribution in [1.82, 2.24) is 5.32 Å². The Morgan fingerprint density at radius 2 is 2.50 bits per heavy atom. The van der Waals surface area contributed by atoms with Gasteiger partial charge in [0.05, 0.1) is 12.6 Å². The third-order valence-corrected chi connectivity index (χ3v) is 3.55. The van der Waals surface area contributed by atoms with Crippen molar-refractivity contribution in [1.29, 1.82) is 0 Å². The van der Waals surface area contributed by atoms with Crippen molar-refractivity contribution >= 4 is 23.4 Å². The van der Waals surface area contributed by atoms with Crippen LogP contribution < -0.4 is 15.4 Å². The third kappa shape index (κ3) is 3.65. The van der Waals surface area contributed by atoms with E-state index in [4.69, 9.17) is 4.74 Å². The number of rotatable bonds is 5. The van der Waals surface area contributed by atoms with E-state index in [-0.39, 0.29) is 11.9 Å². The van der Waals surface area contributed by atoms with Crippen molar-refractivity contribution in [3.63, 3.8) is 0 Å². The second-order valence-electron chi connectivity index (χ2n) is 4.14. The van der Waals surface area contributed by atoms with Crippen molar-refractivity contribution in [2.24, 2.45) is 0 Å². The molecule has 1 aliphatic rings. The first-order valence-corrected chi connectivity index (χ1v) is 7.30. The molecule has 1 atom stereocenters. The van der Waals surface area contributed by atoms with E-state index in [1.54, 1.807) is 11.8 Å². The van der Waals surface area contributed by atoms with E-state index in [2.05, 4.69) is 17.6 Å². The summed E-state index contributed by atoms with van der Waals surface area (Å²) >= 11 is 1.74. The molecule has 0 aliphatic carbocycles. The van der Waals surface area contributed by atoms with Gasteiger partial charge in [-0.05, 0) is 18.6 Å². The van der Waals surface area contributed by atoms with Crippen LogP contribution >= 0.6 is 11.8 Å². The first-order valence-electron chi connectivity index (χ1n) is 6.14. The Bertz CT molecular complexity index is 406. The molecule has 1 saturated heterocycles. The molecule has 0 radical (unpaired) electrons. The number of carbonyl (C=O) groups excluding carboxylic acids is 1. The second-order valence-corrected chi connectivity index (χ2v) is 5.17. The zero-order chi connectivity index (χ0) is 12.8. The van der Waals surface area contributed by atoms with Crippen LogP contribution in [-0.4, -0.2) is 30.2 Å². The van der Waals surface area contributed by atoms with E-state index < -0.39 is 0 Å². The van der Waals surface area contributed by atoms with Crippen LogP contribution in [0.1, 0.15) is 13.3 Å². The molecule has 0 saturated carbocycles. The van der Waals surface area contributed by atoms with Gasteiger partial charge >= 0.3 is 0 Å². The predicted octanol–water partition coefficient (Wildman–Crippen LogP) is 2.08. The van der Waals surface area contributed by atoms with Crippen molar-refractivity contribution in [2.45, 2.75) is 19.4 Å². The fraction of sp³-hybridized carbons (Fsp3) is 0.462. The molecule has 5 heteroatoms. The van der Waals surface area contributed by atoms with Gasteiger partial charge < -0.3 is 10.1 Å². The molecule has 0 aromatic heterocycles. The number of thioether (sulfide) groups is 1. The number of nitrogens with one attached hydrogen (secondary N) is 2. The first kappa shape index (κ1) is 13.2. The van der Waals surface area contributed by atoms with Crippen LogP contribution in [0.3, 0.4) is 0 Å². The Balaban J connectivity index is 1.93. The second kappa shape index (κ2) is 6.66. The van der Waals surface area contributed by atoms with Crippen molar-refractivity contribution < 1.29 is 9.53 Å². The van der Waals surface area contributed by atoms with Crippen molar-refractivity contribution in [3.8, 4) is 5.75 Å². The van der Waals surface area contributed by atoms with E-state index in [0.717, 1.165) is 29.5 Å². The lowest BCUT2D eigenvalue weighted by atomic mass is 10.2. The number of ether oxygens (including phenoxy) is 1. The number of amides is 1. The van der Waals surface area contributed by atoms with Gasteiger partial charge in [-0.3, -0.25) is 10.1 Å². The summed E-state index contributed by atoms with van der Waals surface area (Å²) in [5.74, 6) is 2.49. The van der Waals surface area contributed by atoms with Crippen LogP contribution in [0.5, 0.6) is 5.75 Å². The van der Waals surface area contributed by atoms with Gasteiger partial charge in [0.25, 0.3) is 0 Å². The highest BCUT2D eigenvalue weighted by molar-refractivity contribution is 7.99. The molecule has 1 amide bonds. The highest BCUT2D eigenvalue weighted by Gasteiger charge is 2.22. The minimum absolute atomic E-state index is 0.0210. The van der Waals surface area contributed by atoms with E-state index in [0.29, 0.717) is 6.61 Å². The van der Waals surface area contributed by atoms with E-state index >= 15 is 0 Å². The topological polar surface area (TPSA) is 50.4 Å². The smallest absolute Gasteiger partial charge is 0.242 e. The molecule has 0 spiro atoms. The molecular formula is C13H18N2O2S. The van der Waals surface area contributed by atoms with Crippen LogP contribution in [-0.2, 0) is 4.79 Å². The maximum atomic E-state index is 11.9. The minimum Gasteiger partial charge on any atom is -0.494 e. The lowest BCUT2D eigenvalue weighted by molar-refractivity contribution is -0.117. The lowest BCUT2D eigenvalue weighted by Gasteiger charge is -2.11. The van der Waals surface area contributed by atoms with Gasteiger partial charge in [0.2, 0.25) is 5.91 Å². The SMILES string of the molecule is CCCOc1cccc(NC(=O)C2CSCN2)c1. The summed E-state index contributed by atoms with van der Waals surface area (Å²) < 4.78 is 5.53. The summed E-state index contributed by atoms with van der Waals surface area (Å²) in [7, 11) is 0. The number of anilines is 1. The van der Waals surface area contributed by atoms with E-state index in [1.807, 2.05) is 24.3 Å². The number of hydrogen-bond donors (Lipinski definition) is 2. The maximum Gasteiger partial charge on any atom is 0.242 e. The molecule has 2 rings (SSSR count). The van der Waals surface area contributed by atoms with Crippen LogP contribution in [0, 0.1) is 0 Å². The molecule has 1 aliphatic heterocycles. The zero-order valence-corrected chi connectivity index (χ0v) is 11.3. The predicted molar refractivity (Wildman–Crippen MR) is 75.1 cm³/mol. The fourth-order valence-corrected chi connectivity index (χ4v) is 2.62. The van der Waals surface area contributed by atoms with Gasteiger partial charge in [-0.25, -0.2) is 0 Å². The van der Waals surface area contributed by atoms with Gasteiger partial charge in [0.15, 0.2) is 0 Å². The minimum atomic E-state index is -0.0878. The average molecular weight is 266 g/mol. The van der Waals surface area contributed by atoms with Crippen molar-refractivity contribution in [2.75, 3.05) is 23.6 Å². The monoisotopic (exact) mass is 266 g/mol. The molecule has 2 N–H and O–H groups in total. The Morgan fingerprint density at radius 1 is 1.61 bits per heavy atom. The molecule has 1 unspecified atom stereocenters. The molecule has 0 bridgehead atoms. The summed E-state index contributed by atoms with van der Waals surface area (Å²) in [6.45, 7) is 2.76. The molecule has 4 nitrogen and oxygen atoms in total. The standard InChI is InChI=1S/C13H18N2O2S/c1-2-6-17-11-5-3-4-10(7-11)15-13(16)12-8-18-9-14-12/h3-5,7,12,14H,2,6,8-9H2,1H3,(H,15,16). The largest absolute Gasteiger partial charge is 0.494 e. The van der Waals surface area contributed by atoms with Gasteiger partial charge in [-0.2, -0.15) is 0 Å². The average Bonchev–Trinajstić information content (AvgIpc) is 2.91. The molecule has 1 aromatic rings. The highest BCUT2D eigenvalue weighted by atomic mass is 32.2. The van der Waals surface area contributed by atoms with Crippen LogP contribution in [0.4, 0.5) is 5.69 Å². The summed E-state index contributed by atoms with van der Waals surface area (Å²) in [5.41, 5.74) is 0.785. The number of benzene rings is 1. The summed E-state index contributed by atoms with van der Waals surface area (Å²) in [6.07, 6.45) is 0.972. The fourth-order valence-electron chi connectivity index (χ4n) is 1.68. The third-order valence-electron chi connectivity index (χ3n) is 2.61. The molecular weight excluding hydrogens is 248 g/mol. The molecule has 1 heterocycles.